The highest BCUT2D eigenvalue weighted by atomic mass is 19.2. The van der Waals surface area contributed by atoms with E-state index in [0.717, 1.165) is 156 Å². The molecule has 3 aliphatic rings. The number of hydrogen-bond donors (Lipinski definition) is 0. The number of fused-ring (bicyclic) bond motifs is 15. The summed E-state index contributed by atoms with van der Waals surface area (Å²) in [6.45, 7) is 12.4. The van der Waals surface area contributed by atoms with Crippen LogP contribution in [0.4, 0.5) is 51.7 Å². The van der Waals surface area contributed by atoms with Crippen LogP contribution in [0.25, 0.3) is 89.4 Å². The van der Waals surface area contributed by atoms with Gasteiger partial charge in [0, 0.05) is 73.2 Å². The first kappa shape index (κ1) is 68.5. The molecule has 0 amide bonds. The molecular formula is C105H68F4N2O4. The fourth-order valence-electron chi connectivity index (χ4n) is 18.6. The van der Waals surface area contributed by atoms with Crippen molar-refractivity contribution in [2.75, 3.05) is 9.80 Å². The van der Waals surface area contributed by atoms with Crippen LogP contribution in [-0.2, 0) is 16.2 Å². The number of halogens is 4. The number of hydrogen-bond acceptors (Lipinski definition) is 6. The quantitative estimate of drug-likeness (QED) is 0.0899. The predicted molar refractivity (Wildman–Crippen MR) is 456 cm³/mol. The Morgan fingerprint density at radius 3 is 0.957 bits per heavy atom. The number of rotatable bonds is 16. The van der Waals surface area contributed by atoms with Crippen LogP contribution in [0.3, 0.4) is 0 Å². The number of para-hydroxylation sites is 2. The second-order valence-electron chi connectivity index (χ2n) is 30.4. The van der Waals surface area contributed by atoms with Crippen molar-refractivity contribution in [1.29, 1.82) is 0 Å². The van der Waals surface area contributed by atoms with Gasteiger partial charge in [-0.2, -0.15) is 0 Å². The van der Waals surface area contributed by atoms with E-state index in [4.69, 9.17) is 18.3 Å². The van der Waals surface area contributed by atoms with Gasteiger partial charge in [-0.3, -0.25) is 0 Å². The largest absolute Gasteiger partial charge is 0.457 e. The first-order chi connectivity index (χ1) is 56.2. The molecule has 0 saturated heterocycles. The van der Waals surface area contributed by atoms with Crippen molar-refractivity contribution in [2.24, 2.45) is 0 Å². The van der Waals surface area contributed by atoms with E-state index in [-0.39, 0.29) is 0 Å². The minimum atomic E-state index is -1.17. The molecule has 0 spiro atoms. The molecule has 0 N–H and O–H groups in total. The molecule has 0 radical (unpaired) electrons. The van der Waals surface area contributed by atoms with Crippen LogP contribution in [0.15, 0.2) is 362 Å². The maximum atomic E-state index is 16.3. The van der Waals surface area contributed by atoms with Gasteiger partial charge in [0.2, 0.25) is 0 Å². The van der Waals surface area contributed by atoms with Gasteiger partial charge in [0.05, 0.1) is 10.8 Å². The van der Waals surface area contributed by atoms with Crippen molar-refractivity contribution < 1.29 is 35.9 Å². The Kier molecular flexibility index (Phi) is 15.7. The molecule has 0 saturated carbocycles. The SMILES string of the molecule is C=Cc1ccc(Oc2ccc(C3(c4ccc(F)c(F)c4)c4ccccc4-c4ccc(N(c5ccc6c(c5)C(C)(C)c5cc(N(c7ccc8c(c7)C(c7ccc(Oc9ccc(C=C)cc9)cc7)(c7ccc(F)c(F)c7)c7ccccc7-8)c7ccc8c(c7)oc7ccccc78)ccc5-6)c5ccc6c(c5)oc5ccccc56)cc43)cc2)cc1. The number of nitrogens with zero attached hydrogens (tertiary/aromatic N) is 2. The molecule has 2 heterocycles. The lowest BCUT2D eigenvalue weighted by Gasteiger charge is -2.35. The molecule has 2 aromatic heterocycles. The maximum Gasteiger partial charge on any atom is 0.159 e. The second-order valence-corrected chi connectivity index (χ2v) is 30.4. The number of benzene rings is 16. The fraction of sp³-hybridized carbons (Fsp3) is 0.0476. The summed E-state index contributed by atoms with van der Waals surface area (Å²) < 4.78 is 89.9. The van der Waals surface area contributed by atoms with E-state index in [0.29, 0.717) is 45.3 Å². The predicted octanol–water partition coefficient (Wildman–Crippen LogP) is 28.9. The number of anilines is 6. The molecule has 550 valence electrons. The second kappa shape index (κ2) is 26.3. The topological polar surface area (TPSA) is 51.2 Å². The highest BCUT2D eigenvalue weighted by molar-refractivity contribution is 6.08. The lowest BCUT2D eigenvalue weighted by Crippen LogP contribution is -2.29. The highest BCUT2D eigenvalue weighted by Crippen LogP contribution is 2.61. The van der Waals surface area contributed by atoms with Gasteiger partial charge < -0.3 is 28.1 Å². The molecule has 16 aromatic carbocycles. The van der Waals surface area contributed by atoms with E-state index in [1.807, 2.05) is 158 Å². The first-order valence-electron chi connectivity index (χ1n) is 38.4. The summed E-state index contributed by atoms with van der Waals surface area (Å²) in [5, 5.41) is 3.97. The lowest BCUT2D eigenvalue weighted by atomic mass is 9.67. The zero-order chi connectivity index (χ0) is 77.6. The third-order valence-electron chi connectivity index (χ3n) is 24.0. The monoisotopic (exact) mass is 1500 g/mol. The van der Waals surface area contributed by atoms with E-state index in [2.05, 4.69) is 182 Å². The molecule has 2 unspecified atom stereocenters. The molecule has 18 aromatic rings. The minimum Gasteiger partial charge on any atom is -0.457 e. The zero-order valence-electron chi connectivity index (χ0n) is 62.4. The third-order valence-corrected chi connectivity index (χ3v) is 24.0. The molecule has 21 rings (SSSR count). The van der Waals surface area contributed by atoms with Crippen molar-refractivity contribution in [1.82, 2.24) is 0 Å². The minimum absolute atomic E-state index is 0.556. The summed E-state index contributed by atoms with van der Waals surface area (Å²) in [5.41, 5.74) is 21.5. The van der Waals surface area contributed by atoms with Crippen LogP contribution in [0, 0.1) is 23.3 Å². The van der Waals surface area contributed by atoms with Crippen molar-refractivity contribution >= 4 is 90.2 Å². The molecule has 10 heteroatoms. The average molecular weight is 1500 g/mol. The molecule has 0 aliphatic heterocycles. The molecular weight excluding hydrogens is 1430 g/mol. The van der Waals surface area contributed by atoms with E-state index < -0.39 is 39.5 Å². The van der Waals surface area contributed by atoms with Gasteiger partial charge in [0.1, 0.15) is 45.3 Å². The van der Waals surface area contributed by atoms with Crippen LogP contribution >= 0.6 is 0 Å². The molecule has 2 atom stereocenters. The summed E-state index contributed by atoms with van der Waals surface area (Å²) in [6.07, 6.45) is 3.57. The third kappa shape index (κ3) is 10.7. The van der Waals surface area contributed by atoms with E-state index >= 15 is 17.6 Å². The van der Waals surface area contributed by atoms with E-state index in [1.54, 1.807) is 24.3 Å². The van der Waals surface area contributed by atoms with E-state index in [9.17, 15) is 0 Å². The van der Waals surface area contributed by atoms with Gasteiger partial charge in [-0.05, 0) is 258 Å². The van der Waals surface area contributed by atoms with Crippen LogP contribution in [0.5, 0.6) is 23.0 Å². The molecule has 6 nitrogen and oxygen atoms in total. The van der Waals surface area contributed by atoms with E-state index in [1.165, 1.54) is 24.3 Å². The van der Waals surface area contributed by atoms with Gasteiger partial charge in [0.25, 0.3) is 0 Å². The zero-order valence-corrected chi connectivity index (χ0v) is 62.4. The first-order valence-corrected chi connectivity index (χ1v) is 38.4. The van der Waals surface area contributed by atoms with Crippen molar-refractivity contribution in [3.8, 4) is 56.4 Å². The number of ether oxygens (including phenoxy) is 2. The summed E-state index contributed by atoms with van der Waals surface area (Å²) in [7, 11) is 0. The van der Waals surface area contributed by atoms with Crippen molar-refractivity contribution in [2.45, 2.75) is 30.1 Å². The molecule has 115 heavy (non-hydrogen) atoms. The van der Waals surface area contributed by atoms with Crippen LogP contribution < -0.4 is 19.3 Å². The van der Waals surface area contributed by atoms with Crippen LogP contribution in [-0.4, -0.2) is 0 Å². The summed E-state index contributed by atoms with van der Waals surface area (Å²) in [6, 6.07) is 112. The molecule has 0 bridgehead atoms. The smallest absolute Gasteiger partial charge is 0.159 e. The summed E-state index contributed by atoms with van der Waals surface area (Å²) in [5.74, 6) is -1.27. The summed E-state index contributed by atoms with van der Waals surface area (Å²) in [4.78, 5) is 4.55. The van der Waals surface area contributed by atoms with Crippen molar-refractivity contribution in [3.05, 3.63) is 443 Å². The van der Waals surface area contributed by atoms with Gasteiger partial charge >= 0.3 is 0 Å². The highest BCUT2D eigenvalue weighted by Gasteiger charge is 2.49. The molecule has 0 fully saturated rings. The van der Waals surface area contributed by atoms with Gasteiger partial charge in [-0.15, -0.1) is 0 Å². The maximum absolute atomic E-state index is 16.3. The van der Waals surface area contributed by atoms with Gasteiger partial charge in [0.15, 0.2) is 23.3 Å². The Morgan fingerprint density at radius 2 is 0.574 bits per heavy atom. The Morgan fingerprint density at radius 1 is 0.270 bits per heavy atom. The van der Waals surface area contributed by atoms with Gasteiger partial charge in [-0.1, -0.05) is 209 Å². The standard InChI is InChI=1S/C105H68F4N2O4/c1-5-63-23-39-75(40-24-63)112-77-43-27-65(28-44-77)104(67-31-53-95(106)97(108)55-67)89-19-11-7-15-79(89)83-49-35-71(59-93(83)104)110(73-37-51-87-85-17-9-13-21-99(85)114-101(87)61-73)69-33-47-81-82-48-34-70(58-92(82)103(3,4)91(81)57-69)111(74-38-52-88-86-18-10-14-22-100(86)115-102(88)62-74)72-36-50-84-80-16-8-12-20-90(80)105(94(84)60-72,68-32-54-96(107)98(109)56-68)66-29-45-78(46-30-66)113-76-41-25-64(6-2)26-42-76/h5-62H,1-2H2,3-4H3. The normalized spacial score (nSPS) is 15.3. The Bertz CT molecular complexity index is 6640. The van der Waals surface area contributed by atoms with Crippen molar-refractivity contribution in [3.63, 3.8) is 0 Å². The Labute approximate surface area is 661 Å². The fourth-order valence-corrected chi connectivity index (χ4v) is 18.6. The van der Waals surface area contributed by atoms with Crippen LogP contribution in [0.1, 0.15) is 80.6 Å². The van der Waals surface area contributed by atoms with Crippen LogP contribution in [0.2, 0.25) is 0 Å². The number of furan rings is 2. The lowest BCUT2D eigenvalue weighted by molar-refractivity contribution is 0.482. The van der Waals surface area contributed by atoms with Gasteiger partial charge in [-0.25, -0.2) is 17.6 Å². The summed E-state index contributed by atoms with van der Waals surface area (Å²) >= 11 is 0. The average Bonchev–Trinajstić information content (AvgIpc) is 1.55. The molecule has 3 aliphatic carbocycles. The Balaban J connectivity index is 0.721. The Hall–Kier alpha value is -14.5.